The third kappa shape index (κ3) is 6.39. The highest BCUT2D eigenvalue weighted by Crippen LogP contribution is 2.24. The highest BCUT2D eigenvalue weighted by molar-refractivity contribution is 5.68. The summed E-state index contributed by atoms with van der Waals surface area (Å²) in [6.07, 6.45) is -0.684. The van der Waals surface area contributed by atoms with E-state index >= 15 is 4.39 Å². The summed E-state index contributed by atoms with van der Waals surface area (Å²) in [4.78, 5) is 40.7. The summed E-state index contributed by atoms with van der Waals surface area (Å²) in [6, 6.07) is 21.9. The van der Waals surface area contributed by atoms with Crippen LogP contribution in [0.15, 0.2) is 88.5 Å². The van der Waals surface area contributed by atoms with Crippen LogP contribution in [0.25, 0.3) is 11.1 Å². The molecular formula is C32H34FN3O4. The van der Waals surface area contributed by atoms with Crippen LogP contribution >= 0.6 is 0 Å². The third-order valence-corrected chi connectivity index (χ3v) is 6.68. The van der Waals surface area contributed by atoms with Crippen LogP contribution in [0.5, 0.6) is 0 Å². The van der Waals surface area contributed by atoms with Crippen molar-refractivity contribution in [1.29, 1.82) is 0 Å². The average molecular weight is 544 g/mol. The van der Waals surface area contributed by atoms with Crippen molar-refractivity contribution in [1.82, 2.24) is 14.5 Å². The molecule has 1 amide bonds. The number of hydrogen-bond donors (Lipinski definition) is 1. The third-order valence-electron chi connectivity index (χ3n) is 6.68. The Morgan fingerprint density at radius 3 is 2.17 bits per heavy atom. The molecule has 4 rings (SSSR count). The fraction of sp³-hybridized carbons (Fsp3) is 0.281. The molecule has 1 atom stereocenters. The van der Waals surface area contributed by atoms with E-state index in [1.807, 2.05) is 37.3 Å². The maximum Gasteiger partial charge on any atom is 0.408 e. The van der Waals surface area contributed by atoms with Gasteiger partial charge in [0.05, 0.1) is 24.7 Å². The lowest BCUT2D eigenvalue weighted by molar-refractivity contribution is 0.0497. The minimum Gasteiger partial charge on any atom is -0.444 e. The van der Waals surface area contributed by atoms with Gasteiger partial charge in [-0.25, -0.2) is 14.0 Å². The summed E-state index contributed by atoms with van der Waals surface area (Å²) >= 11 is 0. The number of benzene rings is 3. The molecule has 208 valence electrons. The zero-order chi connectivity index (χ0) is 29.0. The zero-order valence-corrected chi connectivity index (χ0v) is 23.4. The van der Waals surface area contributed by atoms with Gasteiger partial charge in [-0.05, 0) is 57.4 Å². The van der Waals surface area contributed by atoms with E-state index in [2.05, 4.69) is 5.32 Å². The van der Waals surface area contributed by atoms with Crippen molar-refractivity contribution in [2.45, 2.75) is 59.4 Å². The van der Waals surface area contributed by atoms with Crippen molar-refractivity contribution in [3.8, 4) is 11.1 Å². The smallest absolute Gasteiger partial charge is 0.408 e. The van der Waals surface area contributed by atoms with Crippen LogP contribution in [-0.2, 0) is 17.8 Å². The number of aromatic nitrogens is 2. The van der Waals surface area contributed by atoms with Gasteiger partial charge in [-0.2, -0.15) is 0 Å². The second-order valence-electron chi connectivity index (χ2n) is 10.8. The number of hydrogen-bond acceptors (Lipinski definition) is 4. The molecule has 4 aromatic rings. The molecule has 1 heterocycles. The van der Waals surface area contributed by atoms with Crippen molar-refractivity contribution in [2.24, 2.45) is 0 Å². The molecule has 40 heavy (non-hydrogen) atoms. The fourth-order valence-corrected chi connectivity index (χ4v) is 4.63. The Kier molecular flexibility index (Phi) is 8.38. The largest absolute Gasteiger partial charge is 0.444 e. The van der Waals surface area contributed by atoms with Gasteiger partial charge in [0.2, 0.25) is 0 Å². The van der Waals surface area contributed by atoms with Crippen LogP contribution in [-0.4, -0.2) is 20.8 Å². The lowest BCUT2D eigenvalue weighted by Crippen LogP contribution is -2.46. The van der Waals surface area contributed by atoms with E-state index in [9.17, 15) is 14.4 Å². The summed E-state index contributed by atoms with van der Waals surface area (Å²) in [5, 5.41) is 2.81. The van der Waals surface area contributed by atoms with Crippen LogP contribution in [0.1, 0.15) is 49.2 Å². The number of carbonyl (C=O) groups is 1. The second-order valence-corrected chi connectivity index (χ2v) is 10.8. The monoisotopic (exact) mass is 543 g/mol. The van der Waals surface area contributed by atoms with Crippen molar-refractivity contribution in [2.75, 3.05) is 0 Å². The molecule has 7 nitrogen and oxygen atoms in total. The molecule has 0 spiro atoms. The lowest BCUT2D eigenvalue weighted by Gasteiger charge is -2.25. The molecule has 0 unspecified atom stereocenters. The summed E-state index contributed by atoms with van der Waals surface area (Å²) < 4.78 is 23.1. The summed E-state index contributed by atoms with van der Waals surface area (Å²) in [5.41, 5.74) is 1.16. The number of ether oxygens (including phenoxy) is 1. The number of aryl methyl sites for hydroxylation is 1. The van der Waals surface area contributed by atoms with Gasteiger partial charge < -0.3 is 10.1 Å². The first kappa shape index (κ1) is 28.5. The van der Waals surface area contributed by atoms with Crippen molar-refractivity contribution >= 4 is 6.09 Å². The van der Waals surface area contributed by atoms with Crippen LogP contribution < -0.4 is 16.6 Å². The number of halogens is 1. The molecule has 0 saturated carbocycles. The molecule has 0 saturated heterocycles. The Morgan fingerprint density at radius 1 is 0.900 bits per heavy atom. The van der Waals surface area contributed by atoms with E-state index in [1.54, 1.807) is 64.1 Å². The van der Waals surface area contributed by atoms with E-state index < -0.39 is 34.8 Å². The lowest BCUT2D eigenvalue weighted by atomic mass is 10.0. The molecule has 0 bridgehead atoms. The Hall–Kier alpha value is -4.46. The van der Waals surface area contributed by atoms with E-state index in [1.165, 1.54) is 16.7 Å². The Balaban J connectivity index is 1.90. The molecule has 0 fully saturated rings. The first-order valence-corrected chi connectivity index (χ1v) is 13.1. The van der Waals surface area contributed by atoms with Gasteiger partial charge in [-0.1, -0.05) is 72.8 Å². The highest BCUT2D eigenvalue weighted by atomic mass is 19.1. The number of amides is 1. The summed E-state index contributed by atoms with van der Waals surface area (Å²) in [5.74, 6) is -0.568. The quantitative estimate of drug-likeness (QED) is 0.322. The maximum absolute atomic E-state index is 15.0. The highest BCUT2D eigenvalue weighted by Gasteiger charge is 2.25. The van der Waals surface area contributed by atoms with Gasteiger partial charge in [0.25, 0.3) is 5.56 Å². The number of nitrogens with zero attached hydrogens (tertiary/aromatic N) is 2. The Morgan fingerprint density at radius 2 is 1.52 bits per heavy atom. The molecule has 8 heteroatoms. The Bertz CT molecular complexity index is 1630. The standard InChI is InChI=1S/C32H34FN3O4/c1-21-13-9-10-16-24(21)19-35-22(2)28(25-17-11-12-18-26(25)33)29(37)36(31(35)39)20-27(23-14-7-6-8-15-23)34-30(38)40-32(3,4)5/h6-18,27H,19-20H2,1-5H3,(H,34,38)/t27-/m1/s1. The molecular weight excluding hydrogens is 509 g/mol. The predicted octanol–water partition coefficient (Wildman–Crippen LogP) is 5.75. The van der Waals surface area contributed by atoms with E-state index in [4.69, 9.17) is 4.74 Å². The van der Waals surface area contributed by atoms with Crippen molar-refractivity contribution in [3.63, 3.8) is 0 Å². The zero-order valence-electron chi connectivity index (χ0n) is 23.4. The van der Waals surface area contributed by atoms with E-state index in [-0.39, 0.29) is 24.2 Å². The SMILES string of the molecule is Cc1ccccc1Cn1c(C)c(-c2ccccc2F)c(=O)n(C[C@@H](NC(=O)OC(C)(C)C)c2ccccc2)c1=O. The normalized spacial score (nSPS) is 12.2. The minimum atomic E-state index is -0.774. The minimum absolute atomic E-state index is 0.0929. The molecule has 0 radical (unpaired) electrons. The maximum atomic E-state index is 15.0. The van der Waals surface area contributed by atoms with Crippen LogP contribution in [0.4, 0.5) is 9.18 Å². The van der Waals surface area contributed by atoms with Crippen LogP contribution in [0.3, 0.4) is 0 Å². The van der Waals surface area contributed by atoms with Crippen molar-refractivity contribution < 1.29 is 13.9 Å². The Labute approximate surface area is 232 Å². The molecule has 0 aliphatic heterocycles. The van der Waals surface area contributed by atoms with Crippen LogP contribution in [0, 0.1) is 19.7 Å². The van der Waals surface area contributed by atoms with Gasteiger partial charge >= 0.3 is 11.8 Å². The fourth-order valence-electron chi connectivity index (χ4n) is 4.63. The number of nitrogens with one attached hydrogen (secondary N) is 1. The summed E-state index contributed by atoms with van der Waals surface area (Å²) in [7, 11) is 0. The van der Waals surface area contributed by atoms with Gasteiger partial charge in [-0.15, -0.1) is 0 Å². The first-order chi connectivity index (χ1) is 19.0. The van der Waals surface area contributed by atoms with Gasteiger partial charge in [0, 0.05) is 11.3 Å². The molecule has 3 aromatic carbocycles. The van der Waals surface area contributed by atoms with E-state index in [0.717, 1.165) is 15.7 Å². The predicted molar refractivity (Wildman–Crippen MR) is 154 cm³/mol. The van der Waals surface area contributed by atoms with E-state index in [0.29, 0.717) is 11.3 Å². The molecule has 0 aliphatic rings. The van der Waals surface area contributed by atoms with Gasteiger partial charge in [-0.3, -0.25) is 13.9 Å². The van der Waals surface area contributed by atoms with Gasteiger partial charge in [0.15, 0.2) is 0 Å². The first-order valence-electron chi connectivity index (χ1n) is 13.1. The number of rotatable bonds is 7. The molecule has 1 aromatic heterocycles. The van der Waals surface area contributed by atoms with Crippen molar-refractivity contribution in [3.05, 3.63) is 128 Å². The van der Waals surface area contributed by atoms with Gasteiger partial charge in [0.1, 0.15) is 11.4 Å². The number of carbonyl (C=O) groups excluding carboxylic acids is 1. The molecule has 1 N–H and O–H groups in total. The molecule has 0 aliphatic carbocycles. The topological polar surface area (TPSA) is 82.3 Å². The second kappa shape index (κ2) is 11.7. The number of alkyl carbamates (subject to hydrolysis) is 1. The van der Waals surface area contributed by atoms with Crippen LogP contribution in [0.2, 0.25) is 0 Å². The average Bonchev–Trinajstić information content (AvgIpc) is 2.90. The summed E-state index contributed by atoms with van der Waals surface area (Å²) in [6.45, 7) is 8.85.